The topological polar surface area (TPSA) is 63.3 Å². The molecule has 14 heavy (non-hydrogen) atoms. The predicted octanol–water partition coefficient (Wildman–Crippen LogP) is 2.06. The molecule has 3 nitrogen and oxygen atoms in total. The van der Waals surface area contributed by atoms with Crippen LogP contribution in [0.2, 0.25) is 5.02 Å². The van der Waals surface area contributed by atoms with Gasteiger partial charge >= 0.3 is 5.97 Å². The molecule has 0 amide bonds. The van der Waals surface area contributed by atoms with Crippen molar-refractivity contribution in [3.05, 3.63) is 33.3 Å². The minimum absolute atomic E-state index is 0.285. The van der Waals surface area contributed by atoms with Gasteiger partial charge in [0.1, 0.15) is 6.04 Å². The number of benzene rings is 1. The van der Waals surface area contributed by atoms with Gasteiger partial charge in [0.2, 0.25) is 0 Å². The lowest BCUT2D eigenvalue weighted by Gasteiger charge is -2.08. The quantitative estimate of drug-likeness (QED) is 0.889. The monoisotopic (exact) mass is 277 g/mol. The molecular formula is C9H9BrClNO2. The van der Waals surface area contributed by atoms with E-state index in [1.807, 2.05) is 0 Å². The van der Waals surface area contributed by atoms with Gasteiger partial charge in [-0.2, -0.15) is 0 Å². The van der Waals surface area contributed by atoms with E-state index in [0.717, 1.165) is 10.0 Å². The van der Waals surface area contributed by atoms with Gasteiger partial charge in [-0.05, 0) is 24.1 Å². The lowest BCUT2D eigenvalue weighted by molar-refractivity contribution is -0.138. The van der Waals surface area contributed by atoms with Crippen LogP contribution in [0.3, 0.4) is 0 Å². The molecule has 0 unspecified atom stereocenters. The van der Waals surface area contributed by atoms with Gasteiger partial charge in [-0.1, -0.05) is 33.6 Å². The Morgan fingerprint density at radius 1 is 1.64 bits per heavy atom. The third-order valence-corrected chi connectivity index (χ3v) is 2.75. The van der Waals surface area contributed by atoms with Crippen LogP contribution in [0.4, 0.5) is 0 Å². The maximum Gasteiger partial charge on any atom is 0.320 e. The molecule has 1 aromatic rings. The fourth-order valence-corrected chi connectivity index (χ4v) is 1.86. The number of carboxylic acids is 1. The summed E-state index contributed by atoms with van der Waals surface area (Å²) < 4.78 is 0.779. The lowest BCUT2D eigenvalue weighted by Crippen LogP contribution is -2.32. The molecule has 0 spiro atoms. The van der Waals surface area contributed by atoms with Crippen LogP contribution >= 0.6 is 27.5 Å². The molecule has 1 aromatic carbocycles. The zero-order valence-corrected chi connectivity index (χ0v) is 9.55. The van der Waals surface area contributed by atoms with E-state index in [2.05, 4.69) is 15.9 Å². The number of halogens is 2. The number of hydrogen-bond acceptors (Lipinski definition) is 2. The summed E-state index contributed by atoms with van der Waals surface area (Å²) in [5.41, 5.74) is 6.24. The van der Waals surface area contributed by atoms with E-state index in [1.54, 1.807) is 18.2 Å². The summed E-state index contributed by atoms with van der Waals surface area (Å²) in [7, 11) is 0. The number of aliphatic carboxylic acids is 1. The van der Waals surface area contributed by atoms with Crippen molar-refractivity contribution in [2.24, 2.45) is 5.73 Å². The molecule has 0 saturated carbocycles. The highest BCUT2D eigenvalue weighted by atomic mass is 79.9. The van der Waals surface area contributed by atoms with Crippen LogP contribution in [0.1, 0.15) is 5.56 Å². The summed E-state index contributed by atoms with van der Waals surface area (Å²) in [4.78, 5) is 10.5. The van der Waals surface area contributed by atoms with E-state index in [4.69, 9.17) is 22.4 Å². The minimum Gasteiger partial charge on any atom is -0.480 e. The van der Waals surface area contributed by atoms with Crippen molar-refractivity contribution < 1.29 is 9.90 Å². The Kier molecular flexibility index (Phi) is 3.92. The van der Waals surface area contributed by atoms with Crippen LogP contribution in [0.5, 0.6) is 0 Å². The molecule has 0 bridgehead atoms. The van der Waals surface area contributed by atoms with Crippen LogP contribution in [0.25, 0.3) is 0 Å². The number of rotatable bonds is 3. The second kappa shape index (κ2) is 4.77. The Balaban J connectivity index is 2.82. The highest BCUT2D eigenvalue weighted by Gasteiger charge is 2.13. The van der Waals surface area contributed by atoms with Gasteiger partial charge in [-0.3, -0.25) is 4.79 Å². The number of nitrogens with two attached hydrogens (primary N) is 1. The van der Waals surface area contributed by atoms with Gasteiger partial charge in [0.15, 0.2) is 0 Å². The summed E-state index contributed by atoms with van der Waals surface area (Å²) in [5.74, 6) is -1.01. The zero-order chi connectivity index (χ0) is 10.7. The summed E-state index contributed by atoms with van der Waals surface area (Å²) >= 11 is 9.03. The van der Waals surface area contributed by atoms with Crippen LogP contribution in [0.15, 0.2) is 22.7 Å². The highest BCUT2D eigenvalue weighted by Crippen LogP contribution is 2.22. The number of carbonyl (C=O) groups is 1. The van der Waals surface area contributed by atoms with Crippen molar-refractivity contribution in [2.45, 2.75) is 12.5 Å². The van der Waals surface area contributed by atoms with Crippen molar-refractivity contribution in [1.29, 1.82) is 0 Å². The van der Waals surface area contributed by atoms with Gasteiger partial charge in [-0.25, -0.2) is 0 Å². The lowest BCUT2D eigenvalue weighted by atomic mass is 10.1. The van der Waals surface area contributed by atoms with E-state index in [-0.39, 0.29) is 6.42 Å². The Bertz CT molecular complexity index is 357. The molecule has 1 atom stereocenters. The first-order valence-electron chi connectivity index (χ1n) is 3.93. The SMILES string of the molecule is N[C@@H](Cc1ccc(Cl)cc1Br)C(=O)O. The first kappa shape index (κ1) is 11.5. The van der Waals surface area contributed by atoms with E-state index in [1.165, 1.54) is 0 Å². The summed E-state index contributed by atoms with van der Waals surface area (Å²) in [6.07, 6.45) is 0.285. The molecule has 0 aliphatic rings. The van der Waals surface area contributed by atoms with Crippen molar-refractivity contribution in [3.8, 4) is 0 Å². The molecule has 1 rings (SSSR count). The molecule has 0 aromatic heterocycles. The van der Waals surface area contributed by atoms with Crippen molar-refractivity contribution in [3.63, 3.8) is 0 Å². The number of carboxylic acid groups (broad SMARTS) is 1. The van der Waals surface area contributed by atoms with Crippen LogP contribution < -0.4 is 5.73 Å². The Morgan fingerprint density at radius 3 is 2.79 bits per heavy atom. The van der Waals surface area contributed by atoms with E-state index in [0.29, 0.717) is 5.02 Å². The highest BCUT2D eigenvalue weighted by molar-refractivity contribution is 9.10. The summed E-state index contributed by atoms with van der Waals surface area (Å²) in [6, 6.07) is 4.30. The molecular weight excluding hydrogens is 269 g/mol. The second-order valence-electron chi connectivity index (χ2n) is 2.88. The summed E-state index contributed by atoms with van der Waals surface area (Å²) in [5, 5.41) is 9.22. The third-order valence-electron chi connectivity index (χ3n) is 1.77. The van der Waals surface area contributed by atoms with Crippen molar-refractivity contribution >= 4 is 33.5 Å². The van der Waals surface area contributed by atoms with Crippen molar-refractivity contribution in [2.75, 3.05) is 0 Å². The normalized spacial score (nSPS) is 12.5. The van der Waals surface area contributed by atoms with E-state index < -0.39 is 12.0 Å². The predicted molar refractivity (Wildman–Crippen MR) is 58.5 cm³/mol. The first-order chi connectivity index (χ1) is 6.50. The minimum atomic E-state index is -1.01. The average Bonchev–Trinajstić information content (AvgIpc) is 2.09. The maximum atomic E-state index is 10.5. The molecule has 0 heterocycles. The zero-order valence-electron chi connectivity index (χ0n) is 7.21. The Labute approximate surface area is 95.0 Å². The van der Waals surface area contributed by atoms with E-state index in [9.17, 15) is 4.79 Å². The van der Waals surface area contributed by atoms with Gasteiger partial charge < -0.3 is 10.8 Å². The molecule has 0 aliphatic carbocycles. The van der Waals surface area contributed by atoms with Gasteiger partial charge in [0, 0.05) is 9.50 Å². The molecule has 76 valence electrons. The molecule has 5 heteroatoms. The number of hydrogen-bond donors (Lipinski definition) is 2. The molecule has 3 N–H and O–H groups in total. The second-order valence-corrected chi connectivity index (χ2v) is 4.18. The van der Waals surface area contributed by atoms with Crippen LogP contribution in [-0.4, -0.2) is 17.1 Å². The van der Waals surface area contributed by atoms with Gasteiger partial charge in [0.25, 0.3) is 0 Å². The van der Waals surface area contributed by atoms with Crippen LogP contribution in [0, 0.1) is 0 Å². The van der Waals surface area contributed by atoms with Gasteiger partial charge in [0.05, 0.1) is 0 Å². The fourth-order valence-electron chi connectivity index (χ4n) is 1.01. The average molecular weight is 279 g/mol. The molecule has 0 radical (unpaired) electrons. The summed E-state index contributed by atoms with van der Waals surface area (Å²) in [6.45, 7) is 0. The fraction of sp³-hybridized carbons (Fsp3) is 0.222. The van der Waals surface area contributed by atoms with Gasteiger partial charge in [-0.15, -0.1) is 0 Å². The Hall–Kier alpha value is -0.580. The van der Waals surface area contributed by atoms with Crippen LogP contribution in [-0.2, 0) is 11.2 Å². The standard InChI is InChI=1S/C9H9BrClNO2/c10-7-4-6(11)2-1-5(7)3-8(12)9(13)14/h1-2,4,8H,3,12H2,(H,13,14)/t8-/m0/s1. The molecule has 0 aliphatic heterocycles. The molecule has 0 saturated heterocycles. The molecule has 0 fully saturated rings. The third kappa shape index (κ3) is 2.97. The van der Waals surface area contributed by atoms with Crippen molar-refractivity contribution in [1.82, 2.24) is 0 Å². The first-order valence-corrected chi connectivity index (χ1v) is 5.10. The van der Waals surface area contributed by atoms with E-state index >= 15 is 0 Å². The Morgan fingerprint density at radius 2 is 2.29 bits per heavy atom. The largest absolute Gasteiger partial charge is 0.480 e. The smallest absolute Gasteiger partial charge is 0.320 e. The maximum absolute atomic E-state index is 10.5.